The van der Waals surface area contributed by atoms with Crippen LogP contribution in [0.3, 0.4) is 0 Å². The molecular formula is C42H61NO5. The van der Waals surface area contributed by atoms with E-state index in [0.29, 0.717) is 73.6 Å². The molecule has 5 aliphatic carbocycles. The molecule has 1 aromatic rings. The van der Waals surface area contributed by atoms with Crippen LogP contribution in [-0.2, 0) is 9.47 Å². The van der Waals surface area contributed by atoms with Crippen molar-refractivity contribution in [2.75, 3.05) is 32.9 Å². The highest BCUT2D eigenvalue weighted by molar-refractivity contribution is 5.98. The van der Waals surface area contributed by atoms with Crippen LogP contribution in [0.2, 0.25) is 0 Å². The molecule has 1 aliphatic heterocycles. The second-order valence-corrected chi connectivity index (χ2v) is 18.5. The molecule has 1 aromatic carbocycles. The van der Waals surface area contributed by atoms with Gasteiger partial charge in [0.1, 0.15) is 0 Å². The smallest absolute Gasteiger partial charge is 0.338 e. The van der Waals surface area contributed by atoms with Crippen LogP contribution < -0.4 is 0 Å². The summed E-state index contributed by atoms with van der Waals surface area (Å²) in [5, 5.41) is 11.1. The molecule has 7 rings (SSSR count). The van der Waals surface area contributed by atoms with Crippen molar-refractivity contribution in [1.29, 1.82) is 0 Å². The number of hydrogen-bond donors (Lipinski definition) is 1. The molecule has 6 aliphatic rings. The van der Waals surface area contributed by atoms with Crippen molar-refractivity contribution in [3.63, 3.8) is 0 Å². The third kappa shape index (κ3) is 5.00. The number of aliphatic hydroxyl groups excluding tert-OH is 1. The van der Waals surface area contributed by atoms with Crippen LogP contribution in [0.5, 0.6) is 0 Å². The van der Waals surface area contributed by atoms with Crippen LogP contribution in [-0.4, -0.2) is 60.9 Å². The van der Waals surface area contributed by atoms with E-state index in [-0.39, 0.29) is 45.1 Å². The van der Waals surface area contributed by atoms with Gasteiger partial charge in [0.25, 0.3) is 5.91 Å². The zero-order chi connectivity index (χ0) is 34.3. The first kappa shape index (κ1) is 34.3. The van der Waals surface area contributed by atoms with Gasteiger partial charge in [-0.1, -0.05) is 52.8 Å². The van der Waals surface area contributed by atoms with Crippen molar-refractivity contribution in [3.05, 3.63) is 47.5 Å². The van der Waals surface area contributed by atoms with Crippen LogP contribution in [0.25, 0.3) is 0 Å². The Morgan fingerprint density at radius 3 is 2.35 bits per heavy atom. The van der Waals surface area contributed by atoms with Crippen molar-refractivity contribution >= 4 is 11.9 Å². The summed E-state index contributed by atoms with van der Waals surface area (Å²) in [6.45, 7) is 22.0. The first-order valence-electron chi connectivity index (χ1n) is 19.2. The molecule has 1 saturated heterocycles. The second kappa shape index (κ2) is 12.0. The molecule has 0 radical (unpaired) electrons. The number of hydrogen-bond acceptors (Lipinski definition) is 5. The van der Waals surface area contributed by atoms with E-state index in [9.17, 15) is 14.7 Å². The largest absolute Gasteiger partial charge is 0.461 e. The van der Waals surface area contributed by atoms with E-state index in [4.69, 9.17) is 9.47 Å². The lowest BCUT2D eigenvalue weighted by molar-refractivity contribution is -0.249. The molecule has 6 nitrogen and oxygen atoms in total. The Morgan fingerprint density at radius 2 is 1.62 bits per heavy atom. The first-order valence-corrected chi connectivity index (χ1v) is 19.2. The zero-order valence-electron chi connectivity index (χ0n) is 30.6. The number of nitrogens with zero attached hydrogens (tertiary/aromatic N) is 1. The third-order valence-electron chi connectivity index (χ3n) is 16.4. The van der Waals surface area contributed by atoms with Crippen molar-refractivity contribution < 1.29 is 24.2 Å². The van der Waals surface area contributed by atoms with Gasteiger partial charge in [-0.2, -0.15) is 0 Å². The number of fused-ring (bicyclic) bond motifs is 7. The Morgan fingerprint density at radius 1 is 0.896 bits per heavy atom. The van der Waals surface area contributed by atoms with Gasteiger partial charge >= 0.3 is 5.97 Å². The first-order chi connectivity index (χ1) is 22.7. The molecule has 5 saturated carbocycles. The highest BCUT2D eigenvalue weighted by Crippen LogP contribution is 2.77. The summed E-state index contributed by atoms with van der Waals surface area (Å²) < 4.78 is 11.7. The molecule has 10 atom stereocenters. The van der Waals surface area contributed by atoms with E-state index < -0.39 is 0 Å². The predicted molar refractivity (Wildman–Crippen MR) is 188 cm³/mol. The van der Waals surface area contributed by atoms with Gasteiger partial charge in [-0.05, 0) is 141 Å². The van der Waals surface area contributed by atoms with Crippen LogP contribution in [0.1, 0.15) is 126 Å². The Labute approximate surface area is 289 Å². The molecule has 0 aromatic heterocycles. The molecule has 264 valence electrons. The fourth-order valence-electron chi connectivity index (χ4n) is 13.5. The Bertz CT molecular complexity index is 1450. The molecule has 0 unspecified atom stereocenters. The predicted octanol–water partition coefficient (Wildman–Crippen LogP) is 8.33. The average Bonchev–Trinajstić information content (AvgIpc) is 3.46. The quantitative estimate of drug-likeness (QED) is 0.254. The van der Waals surface area contributed by atoms with Gasteiger partial charge in [-0.3, -0.25) is 4.79 Å². The molecule has 6 fully saturated rings. The third-order valence-corrected chi connectivity index (χ3v) is 16.4. The summed E-state index contributed by atoms with van der Waals surface area (Å²) in [6.07, 6.45) is 11.3. The maximum absolute atomic E-state index is 13.7. The summed E-state index contributed by atoms with van der Waals surface area (Å²) in [5.41, 5.74) is 2.92. The molecule has 0 bridgehead atoms. The topological polar surface area (TPSA) is 76.1 Å². The maximum atomic E-state index is 13.7. The maximum Gasteiger partial charge on any atom is 0.338 e. The Kier molecular flexibility index (Phi) is 8.54. The number of rotatable bonds is 5. The number of aliphatic hydroxyl groups is 1. The highest BCUT2D eigenvalue weighted by Gasteiger charge is 2.71. The SMILES string of the molecule is C=C(C)[C@@H]1CC[C@]2(COC(=O)c3cccc(C(=O)N4CCOCC4)c3)CC[C@]3(C)[C@H](CC[C@@H]4[C@@]5(C)CC[C@H](O)C(C)(C)[C@@H]5CC[C@]43C)[C@@H]12. The number of carbonyl (C=O) groups is 2. The van der Waals surface area contributed by atoms with Crippen molar-refractivity contribution in [1.82, 2.24) is 4.90 Å². The van der Waals surface area contributed by atoms with Gasteiger partial charge in [-0.25, -0.2) is 4.79 Å². The van der Waals surface area contributed by atoms with E-state index in [1.54, 1.807) is 29.2 Å². The van der Waals surface area contributed by atoms with Crippen LogP contribution in [0.15, 0.2) is 36.4 Å². The van der Waals surface area contributed by atoms with Gasteiger partial charge in [0, 0.05) is 24.1 Å². The number of allylic oxidation sites excluding steroid dienone is 1. The lowest BCUT2D eigenvalue weighted by Crippen LogP contribution is -2.66. The number of ether oxygens (including phenoxy) is 2. The summed E-state index contributed by atoms with van der Waals surface area (Å²) in [6, 6.07) is 7.08. The van der Waals surface area contributed by atoms with E-state index in [2.05, 4.69) is 48.1 Å². The van der Waals surface area contributed by atoms with Crippen molar-refractivity contribution in [3.8, 4) is 0 Å². The Balaban J connectivity index is 1.13. The number of esters is 1. The van der Waals surface area contributed by atoms with Gasteiger partial charge in [-0.15, -0.1) is 0 Å². The summed E-state index contributed by atoms with van der Waals surface area (Å²) in [5.74, 6) is 2.34. The van der Waals surface area contributed by atoms with Gasteiger partial charge in [0.2, 0.25) is 0 Å². The van der Waals surface area contributed by atoms with Gasteiger partial charge in [0.15, 0.2) is 0 Å². The monoisotopic (exact) mass is 659 g/mol. The molecule has 1 heterocycles. The summed E-state index contributed by atoms with van der Waals surface area (Å²) >= 11 is 0. The van der Waals surface area contributed by atoms with E-state index in [1.807, 2.05) is 0 Å². The minimum atomic E-state index is -0.323. The van der Waals surface area contributed by atoms with Crippen LogP contribution >= 0.6 is 0 Å². The second-order valence-electron chi connectivity index (χ2n) is 18.5. The molecule has 0 spiro atoms. The molecule has 1 amide bonds. The Hall–Kier alpha value is -2.18. The molecule has 6 heteroatoms. The van der Waals surface area contributed by atoms with E-state index >= 15 is 0 Å². The van der Waals surface area contributed by atoms with Crippen LogP contribution in [0.4, 0.5) is 0 Å². The molecule has 1 N–H and O–H groups in total. The van der Waals surface area contributed by atoms with E-state index in [0.717, 1.165) is 32.1 Å². The fraction of sp³-hybridized carbons (Fsp3) is 0.762. The van der Waals surface area contributed by atoms with Gasteiger partial charge < -0.3 is 19.5 Å². The normalized spacial score (nSPS) is 43.3. The minimum Gasteiger partial charge on any atom is -0.461 e. The summed E-state index contributed by atoms with van der Waals surface area (Å²) in [7, 11) is 0. The number of benzene rings is 1. The summed E-state index contributed by atoms with van der Waals surface area (Å²) in [4.78, 5) is 28.6. The number of carbonyl (C=O) groups excluding carboxylic acids is 2. The van der Waals surface area contributed by atoms with Crippen LogP contribution in [0, 0.1) is 56.7 Å². The lowest BCUT2D eigenvalue weighted by atomic mass is 9.32. The van der Waals surface area contributed by atoms with E-state index in [1.165, 1.54) is 37.7 Å². The zero-order valence-corrected chi connectivity index (χ0v) is 30.6. The molecule has 48 heavy (non-hydrogen) atoms. The average molecular weight is 660 g/mol. The standard InChI is InChI=1S/C42H61NO5/c1-27(2)30-13-18-42(26-48-37(46)29-10-8-9-28(25-29)36(45)43-21-23-47-24-22-43)20-19-40(6)31(35(30)42)11-12-33-39(5)16-15-34(44)38(3,4)32(39)14-17-41(33,40)7/h8-10,25,30-35,44H,1,11-24,26H2,2-7H3/t30-,31+,32-,33+,34-,35+,39-,40+,41+,42+/m0/s1. The fourth-order valence-corrected chi connectivity index (χ4v) is 13.5. The molecular weight excluding hydrogens is 598 g/mol. The van der Waals surface area contributed by atoms with Gasteiger partial charge in [0.05, 0.1) is 31.5 Å². The van der Waals surface area contributed by atoms with Crippen molar-refractivity contribution in [2.24, 2.45) is 56.7 Å². The van der Waals surface area contributed by atoms with Crippen molar-refractivity contribution in [2.45, 2.75) is 112 Å². The minimum absolute atomic E-state index is 0.0358. The highest BCUT2D eigenvalue weighted by atomic mass is 16.5. The number of morpholine rings is 1. The lowest BCUT2D eigenvalue weighted by Gasteiger charge is -2.73. The number of amides is 1.